The van der Waals surface area contributed by atoms with E-state index in [4.69, 9.17) is 8.74 Å². The van der Waals surface area contributed by atoms with Crippen molar-refractivity contribution < 1.29 is 15.8 Å². The zero-order chi connectivity index (χ0) is 9.97. The van der Waals surface area contributed by atoms with Crippen LogP contribution in [0.2, 0.25) is 0 Å². The molecule has 15 heavy (non-hydrogen) atoms. The SMILES string of the molecule is O=S(O)Oc1cccc2ccccc12.[Ca+2].[H-].[H-]. The van der Waals surface area contributed by atoms with Gasteiger partial charge in [0.1, 0.15) is 5.75 Å². The van der Waals surface area contributed by atoms with Crippen LogP contribution < -0.4 is 4.18 Å². The second kappa shape index (κ2) is 5.82. The summed E-state index contributed by atoms with van der Waals surface area (Å²) in [5, 5.41) is 1.81. The van der Waals surface area contributed by atoms with Gasteiger partial charge in [0, 0.05) is 5.39 Å². The first-order chi connectivity index (χ1) is 6.77. The number of hydrogen-bond donors (Lipinski definition) is 1. The molecule has 0 fully saturated rings. The Labute approximate surface area is 123 Å². The van der Waals surface area contributed by atoms with Crippen molar-refractivity contribution in [3.8, 4) is 5.75 Å². The van der Waals surface area contributed by atoms with E-state index in [0.29, 0.717) is 5.75 Å². The van der Waals surface area contributed by atoms with Gasteiger partial charge in [0.15, 0.2) is 0 Å². The van der Waals surface area contributed by atoms with E-state index in [2.05, 4.69) is 0 Å². The Hall–Kier alpha value is -0.130. The third kappa shape index (κ3) is 3.16. The van der Waals surface area contributed by atoms with Crippen LogP contribution >= 0.6 is 0 Å². The van der Waals surface area contributed by atoms with E-state index in [1.807, 2.05) is 30.3 Å². The molecule has 1 N–H and O–H groups in total. The third-order valence-corrected chi connectivity index (χ3v) is 2.23. The predicted molar refractivity (Wildman–Crippen MR) is 63.3 cm³/mol. The van der Waals surface area contributed by atoms with Gasteiger partial charge in [-0.05, 0) is 11.5 Å². The molecular formula is C10H10CaO3S. The molecule has 0 aliphatic heterocycles. The molecule has 0 spiro atoms. The summed E-state index contributed by atoms with van der Waals surface area (Å²) in [6.07, 6.45) is 0. The maximum absolute atomic E-state index is 10.5. The zero-order valence-corrected chi connectivity index (χ0v) is 10.9. The Morgan fingerprint density at radius 1 is 1.13 bits per heavy atom. The van der Waals surface area contributed by atoms with Crippen LogP contribution in [-0.4, -0.2) is 46.5 Å². The Bertz CT molecular complexity index is 490. The summed E-state index contributed by atoms with van der Waals surface area (Å²) in [4.78, 5) is 0. The number of fused-ring (bicyclic) bond motifs is 1. The van der Waals surface area contributed by atoms with Gasteiger partial charge in [-0.25, -0.2) is 0 Å². The zero-order valence-electron chi connectivity index (χ0n) is 9.92. The van der Waals surface area contributed by atoms with E-state index in [-0.39, 0.29) is 40.6 Å². The number of benzene rings is 2. The van der Waals surface area contributed by atoms with Crippen LogP contribution in [0.1, 0.15) is 2.85 Å². The average molecular weight is 250 g/mol. The molecule has 0 saturated heterocycles. The van der Waals surface area contributed by atoms with Gasteiger partial charge in [0.2, 0.25) is 0 Å². The minimum absolute atomic E-state index is 0. The van der Waals surface area contributed by atoms with Crippen molar-refractivity contribution in [3.63, 3.8) is 0 Å². The number of rotatable bonds is 2. The normalized spacial score (nSPS) is 11.8. The van der Waals surface area contributed by atoms with Gasteiger partial charge >= 0.3 is 49.1 Å². The molecule has 0 saturated carbocycles. The quantitative estimate of drug-likeness (QED) is 0.656. The van der Waals surface area contributed by atoms with Crippen LogP contribution in [0.5, 0.6) is 5.75 Å². The largest absolute Gasteiger partial charge is 2.00 e. The van der Waals surface area contributed by atoms with E-state index in [0.717, 1.165) is 10.8 Å². The van der Waals surface area contributed by atoms with E-state index in [1.165, 1.54) is 0 Å². The Morgan fingerprint density at radius 2 is 1.80 bits per heavy atom. The first-order valence-electron chi connectivity index (χ1n) is 4.04. The fraction of sp³-hybridized carbons (Fsp3) is 0. The fourth-order valence-electron chi connectivity index (χ4n) is 1.35. The van der Waals surface area contributed by atoms with Gasteiger partial charge < -0.3 is 7.04 Å². The molecule has 5 heteroatoms. The van der Waals surface area contributed by atoms with Crippen LogP contribution in [0.25, 0.3) is 10.8 Å². The monoisotopic (exact) mass is 250 g/mol. The fourth-order valence-corrected chi connectivity index (χ4v) is 1.64. The molecule has 2 aromatic carbocycles. The number of hydrogen-bond acceptors (Lipinski definition) is 2. The molecule has 0 bridgehead atoms. The molecule has 1 unspecified atom stereocenters. The van der Waals surface area contributed by atoms with E-state index < -0.39 is 11.4 Å². The standard InChI is InChI=1S/C10H8O3S.Ca.2H/c11-14(12)13-10-7-3-5-8-4-1-2-6-9(8)10;;;/h1-7H,(H,11,12);;;/q;+2;2*-1. The van der Waals surface area contributed by atoms with Crippen molar-refractivity contribution in [2.24, 2.45) is 0 Å². The average Bonchev–Trinajstić information content (AvgIpc) is 2.18. The molecule has 0 heterocycles. The van der Waals surface area contributed by atoms with Gasteiger partial charge in [-0.2, -0.15) is 4.21 Å². The molecule has 0 amide bonds. The van der Waals surface area contributed by atoms with Crippen molar-refractivity contribution in [3.05, 3.63) is 42.5 Å². The van der Waals surface area contributed by atoms with Gasteiger partial charge in [0.25, 0.3) is 0 Å². The van der Waals surface area contributed by atoms with Crippen molar-refractivity contribution in [2.45, 2.75) is 0 Å². The molecule has 3 nitrogen and oxygen atoms in total. The van der Waals surface area contributed by atoms with Gasteiger partial charge in [-0.15, -0.1) is 0 Å². The van der Waals surface area contributed by atoms with Crippen molar-refractivity contribution in [1.29, 1.82) is 0 Å². The summed E-state index contributed by atoms with van der Waals surface area (Å²) in [5.74, 6) is 0.420. The first kappa shape index (κ1) is 12.9. The molecule has 2 aromatic rings. The molecule has 2 rings (SSSR count). The van der Waals surface area contributed by atoms with Crippen LogP contribution in [0, 0.1) is 0 Å². The van der Waals surface area contributed by atoms with Crippen molar-refractivity contribution in [2.75, 3.05) is 0 Å². The summed E-state index contributed by atoms with van der Waals surface area (Å²) in [7, 11) is 0. The molecule has 76 valence electrons. The summed E-state index contributed by atoms with van der Waals surface area (Å²) >= 11 is -2.27. The van der Waals surface area contributed by atoms with E-state index >= 15 is 0 Å². The summed E-state index contributed by atoms with van der Waals surface area (Å²) in [6, 6.07) is 12.9. The van der Waals surface area contributed by atoms with Crippen LogP contribution in [0.3, 0.4) is 0 Å². The van der Waals surface area contributed by atoms with E-state index in [9.17, 15) is 4.21 Å². The van der Waals surface area contributed by atoms with Crippen molar-refractivity contribution >= 4 is 59.9 Å². The summed E-state index contributed by atoms with van der Waals surface area (Å²) in [6.45, 7) is 0. The maximum atomic E-state index is 10.5. The smallest absolute Gasteiger partial charge is 1.00 e. The van der Waals surface area contributed by atoms with Crippen LogP contribution in [-0.2, 0) is 11.4 Å². The van der Waals surface area contributed by atoms with Crippen LogP contribution in [0.15, 0.2) is 42.5 Å². The topological polar surface area (TPSA) is 46.5 Å². The minimum atomic E-state index is -2.27. The molecule has 0 aliphatic rings. The molecule has 0 aromatic heterocycles. The second-order valence-corrected chi connectivity index (χ2v) is 3.38. The molecular weight excluding hydrogens is 240 g/mol. The van der Waals surface area contributed by atoms with Gasteiger partial charge in [0.05, 0.1) is 0 Å². The molecule has 0 radical (unpaired) electrons. The Balaban J connectivity index is 0. The van der Waals surface area contributed by atoms with Gasteiger partial charge in [-0.3, -0.25) is 4.55 Å². The maximum Gasteiger partial charge on any atom is 2.00 e. The van der Waals surface area contributed by atoms with Gasteiger partial charge in [-0.1, -0.05) is 36.4 Å². The first-order valence-corrected chi connectivity index (χ1v) is 5.07. The summed E-state index contributed by atoms with van der Waals surface area (Å²) < 4.78 is 23.9. The predicted octanol–water partition coefficient (Wildman–Crippen LogP) is 2.20. The third-order valence-electron chi connectivity index (χ3n) is 1.91. The minimum Gasteiger partial charge on any atom is -1.00 e. The van der Waals surface area contributed by atoms with Crippen LogP contribution in [0.4, 0.5) is 0 Å². The Kier molecular flexibility index (Phi) is 5.02. The summed E-state index contributed by atoms with van der Waals surface area (Å²) in [5.41, 5.74) is 0. The Morgan fingerprint density at radius 3 is 2.53 bits per heavy atom. The van der Waals surface area contributed by atoms with Crippen molar-refractivity contribution in [1.82, 2.24) is 0 Å². The molecule has 1 atom stereocenters. The van der Waals surface area contributed by atoms with E-state index in [1.54, 1.807) is 12.1 Å². The second-order valence-electron chi connectivity index (χ2n) is 2.78. The molecule has 0 aliphatic carbocycles.